The van der Waals surface area contributed by atoms with Crippen LogP contribution in [0.5, 0.6) is 0 Å². The Balaban J connectivity index is 4.72. The van der Waals surface area contributed by atoms with Gasteiger partial charge < -0.3 is 14.8 Å². The van der Waals surface area contributed by atoms with Gasteiger partial charge in [0.05, 0.1) is 12.6 Å². The first-order valence-corrected chi connectivity index (χ1v) is 6.91. The van der Waals surface area contributed by atoms with Crippen molar-refractivity contribution in [2.45, 2.75) is 53.2 Å². The number of carbonyl (C=O) groups is 3. The van der Waals surface area contributed by atoms with Crippen LogP contribution in [0.3, 0.4) is 0 Å². The van der Waals surface area contributed by atoms with E-state index in [1.54, 1.807) is 34.6 Å². The maximum absolute atomic E-state index is 11.7. The van der Waals surface area contributed by atoms with E-state index in [1.807, 2.05) is 0 Å². The minimum atomic E-state index is -0.759. The Morgan fingerprint density at radius 3 is 2.24 bits per heavy atom. The maximum atomic E-state index is 11.7. The van der Waals surface area contributed by atoms with Crippen molar-refractivity contribution in [3.63, 3.8) is 0 Å². The number of nitrogens with one attached hydrogen (secondary N) is 1. The lowest BCUT2D eigenvalue weighted by Crippen LogP contribution is -2.45. The third-order valence-electron chi connectivity index (χ3n) is 2.46. The molecule has 21 heavy (non-hydrogen) atoms. The molecule has 0 bridgehead atoms. The SMILES string of the molecule is CCOC(=O)/C=C/[C@H](C)[C@H](NC(=O)OC(C)(C)C)C(C)=O. The van der Waals surface area contributed by atoms with Crippen LogP contribution in [0.1, 0.15) is 41.5 Å². The lowest BCUT2D eigenvalue weighted by atomic mass is 9.98. The van der Waals surface area contributed by atoms with Crippen molar-refractivity contribution in [1.29, 1.82) is 0 Å². The molecule has 0 aliphatic carbocycles. The minimum Gasteiger partial charge on any atom is -0.463 e. The first-order valence-electron chi connectivity index (χ1n) is 6.91. The number of ether oxygens (including phenoxy) is 2. The van der Waals surface area contributed by atoms with Crippen molar-refractivity contribution >= 4 is 17.8 Å². The monoisotopic (exact) mass is 299 g/mol. The molecule has 0 unspecified atom stereocenters. The van der Waals surface area contributed by atoms with E-state index in [2.05, 4.69) is 5.32 Å². The van der Waals surface area contributed by atoms with Crippen LogP contribution in [-0.4, -0.2) is 36.1 Å². The van der Waals surface area contributed by atoms with E-state index in [1.165, 1.54) is 19.1 Å². The van der Waals surface area contributed by atoms with E-state index in [9.17, 15) is 14.4 Å². The summed E-state index contributed by atoms with van der Waals surface area (Å²) in [6, 6.07) is -0.759. The summed E-state index contributed by atoms with van der Waals surface area (Å²) in [4.78, 5) is 34.6. The highest BCUT2D eigenvalue weighted by Crippen LogP contribution is 2.10. The number of rotatable bonds is 6. The maximum Gasteiger partial charge on any atom is 0.408 e. The van der Waals surface area contributed by atoms with Crippen LogP contribution in [0.15, 0.2) is 12.2 Å². The van der Waals surface area contributed by atoms with Gasteiger partial charge in [-0.3, -0.25) is 4.79 Å². The summed E-state index contributed by atoms with van der Waals surface area (Å²) in [6.07, 6.45) is 2.11. The Hall–Kier alpha value is -1.85. The molecule has 0 rings (SSSR count). The Bertz CT molecular complexity index is 409. The molecule has 0 aliphatic rings. The van der Waals surface area contributed by atoms with Gasteiger partial charge in [0.1, 0.15) is 5.60 Å². The first kappa shape index (κ1) is 19.1. The topological polar surface area (TPSA) is 81.7 Å². The Morgan fingerprint density at radius 2 is 1.81 bits per heavy atom. The molecule has 0 heterocycles. The molecule has 0 aliphatic heterocycles. The van der Waals surface area contributed by atoms with Crippen molar-refractivity contribution < 1.29 is 23.9 Å². The van der Waals surface area contributed by atoms with Crippen LogP contribution in [0.4, 0.5) is 4.79 Å². The van der Waals surface area contributed by atoms with Crippen LogP contribution in [0.25, 0.3) is 0 Å². The van der Waals surface area contributed by atoms with Crippen molar-refractivity contribution in [3.8, 4) is 0 Å². The van der Waals surface area contributed by atoms with Crippen molar-refractivity contribution in [1.82, 2.24) is 5.32 Å². The van der Waals surface area contributed by atoms with E-state index in [4.69, 9.17) is 9.47 Å². The summed E-state index contributed by atoms with van der Waals surface area (Å²) in [7, 11) is 0. The zero-order valence-electron chi connectivity index (χ0n) is 13.6. The van der Waals surface area contributed by atoms with Crippen LogP contribution in [0.2, 0.25) is 0 Å². The molecule has 0 spiro atoms. The predicted molar refractivity (Wildman–Crippen MR) is 78.8 cm³/mol. The molecular formula is C15H25NO5. The van der Waals surface area contributed by atoms with Gasteiger partial charge in [0.2, 0.25) is 0 Å². The van der Waals surface area contributed by atoms with Crippen LogP contribution in [0, 0.1) is 5.92 Å². The van der Waals surface area contributed by atoms with E-state index < -0.39 is 23.7 Å². The van der Waals surface area contributed by atoms with E-state index in [-0.39, 0.29) is 18.3 Å². The second kappa shape index (κ2) is 8.44. The van der Waals surface area contributed by atoms with Gasteiger partial charge in [-0.2, -0.15) is 0 Å². The molecule has 0 aromatic carbocycles. The summed E-state index contributed by atoms with van der Waals surface area (Å²) in [5.74, 6) is -1.06. The molecule has 1 N–H and O–H groups in total. The first-order chi connectivity index (χ1) is 9.56. The third-order valence-corrected chi connectivity index (χ3v) is 2.46. The highest BCUT2D eigenvalue weighted by molar-refractivity contribution is 5.86. The molecule has 1 amide bonds. The fourth-order valence-corrected chi connectivity index (χ4v) is 1.57. The van der Waals surface area contributed by atoms with E-state index in [0.717, 1.165) is 0 Å². The molecule has 120 valence electrons. The predicted octanol–water partition coefficient (Wildman–Crippen LogP) is 2.22. The average molecular weight is 299 g/mol. The zero-order chi connectivity index (χ0) is 16.6. The molecule has 0 fully saturated rings. The Kier molecular flexibility index (Phi) is 7.70. The van der Waals surface area contributed by atoms with Gasteiger partial charge in [-0.1, -0.05) is 13.0 Å². The molecule has 0 aromatic rings. The summed E-state index contributed by atoms with van der Waals surface area (Å²) in [5.41, 5.74) is -0.643. The third kappa shape index (κ3) is 8.83. The second-order valence-electron chi connectivity index (χ2n) is 5.70. The number of alkyl carbamates (subject to hydrolysis) is 1. The smallest absolute Gasteiger partial charge is 0.408 e. The second-order valence-corrected chi connectivity index (χ2v) is 5.70. The number of amides is 1. The Labute approximate surface area is 125 Å². The van der Waals surface area contributed by atoms with Gasteiger partial charge in [0, 0.05) is 12.0 Å². The van der Waals surface area contributed by atoms with Gasteiger partial charge in [-0.15, -0.1) is 0 Å². The fraction of sp³-hybridized carbons (Fsp3) is 0.667. The number of hydrogen-bond acceptors (Lipinski definition) is 5. The van der Waals surface area contributed by atoms with E-state index >= 15 is 0 Å². The van der Waals surface area contributed by atoms with Gasteiger partial charge >= 0.3 is 12.1 Å². The molecule has 6 nitrogen and oxygen atoms in total. The van der Waals surface area contributed by atoms with Gasteiger partial charge in [0.25, 0.3) is 0 Å². The highest BCUT2D eigenvalue weighted by Gasteiger charge is 2.25. The molecule has 6 heteroatoms. The average Bonchev–Trinajstić information content (AvgIpc) is 2.31. The summed E-state index contributed by atoms with van der Waals surface area (Å²) in [5, 5.41) is 2.51. The summed E-state index contributed by atoms with van der Waals surface area (Å²) < 4.78 is 9.87. The quantitative estimate of drug-likeness (QED) is 0.601. The Morgan fingerprint density at radius 1 is 1.24 bits per heavy atom. The van der Waals surface area contributed by atoms with Gasteiger partial charge in [-0.05, 0) is 34.6 Å². The number of Topliss-reactive ketones (excluding diaryl/α,β-unsaturated/α-hetero) is 1. The number of ketones is 1. The highest BCUT2D eigenvalue weighted by atomic mass is 16.6. The molecule has 0 saturated carbocycles. The van der Waals surface area contributed by atoms with Crippen molar-refractivity contribution in [3.05, 3.63) is 12.2 Å². The van der Waals surface area contributed by atoms with Crippen LogP contribution < -0.4 is 5.32 Å². The lowest BCUT2D eigenvalue weighted by molar-refractivity contribution is -0.137. The molecule has 2 atom stereocenters. The van der Waals surface area contributed by atoms with Crippen molar-refractivity contribution in [2.75, 3.05) is 6.61 Å². The van der Waals surface area contributed by atoms with E-state index in [0.29, 0.717) is 0 Å². The number of esters is 1. The van der Waals surface area contributed by atoms with Gasteiger partial charge in [0.15, 0.2) is 5.78 Å². The minimum absolute atomic E-state index is 0.220. The number of hydrogen-bond donors (Lipinski definition) is 1. The zero-order valence-corrected chi connectivity index (χ0v) is 13.6. The number of carbonyl (C=O) groups excluding carboxylic acids is 3. The van der Waals surface area contributed by atoms with Crippen LogP contribution >= 0.6 is 0 Å². The lowest BCUT2D eigenvalue weighted by Gasteiger charge is -2.24. The van der Waals surface area contributed by atoms with Crippen molar-refractivity contribution in [2.24, 2.45) is 5.92 Å². The molecule has 0 radical (unpaired) electrons. The van der Waals surface area contributed by atoms with Crippen LogP contribution in [-0.2, 0) is 19.1 Å². The summed E-state index contributed by atoms with van der Waals surface area (Å²) in [6.45, 7) is 10.3. The molecule has 0 aromatic heterocycles. The standard InChI is InChI=1S/C15H25NO5/c1-7-20-12(18)9-8-10(2)13(11(3)17)16-14(19)21-15(4,5)6/h8-10,13H,7H2,1-6H3,(H,16,19)/b9-8+/t10-,13-/m0/s1. The largest absolute Gasteiger partial charge is 0.463 e. The fourth-order valence-electron chi connectivity index (χ4n) is 1.57. The molecule has 0 saturated heterocycles. The molecular weight excluding hydrogens is 274 g/mol. The normalized spacial score (nSPS) is 14.4. The summed E-state index contributed by atoms with van der Waals surface area (Å²) >= 11 is 0. The van der Waals surface area contributed by atoms with Gasteiger partial charge in [-0.25, -0.2) is 9.59 Å².